The second kappa shape index (κ2) is 13.9. The predicted octanol–water partition coefficient (Wildman–Crippen LogP) is 2.84. The molecule has 166 valence electrons. The topological polar surface area (TPSA) is 52.1 Å². The van der Waals surface area contributed by atoms with Crippen molar-refractivity contribution >= 4 is 29.9 Å². The zero-order chi connectivity index (χ0) is 20.4. The molecule has 1 heterocycles. The molecule has 1 atom stereocenters. The second-order valence-corrected chi connectivity index (χ2v) is 7.13. The number of aliphatic imine (C=N–C) groups is 1. The molecule has 0 bridgehead atoms. The van der Waals surface area contributed by atoms with Gasteiger partial charge in [-0.25, -0.2) is 0 Å². The van der Waals surface area contributed by atoms with E-state index in [9.17, 15) is 8.78 Å². The molecule has 1 aliphatic heterocycles. The van der Waals surface area contributed by atoms with Crippen LogP contribution in [0.5, 0.6) is 5.75 Å². The fraction of sp³-hybridized carbons (Fsp3) is 0.650. The summed E-state index contributed by atoms with van der Waals surface area (Å²) in [6, 6.07) is 6.78. The predicted molar refractivity (Wildman–Crippen MR) is 124 cm³/mol. The van der Waals surface area contributed by atoms with E-state index >= 15 is 0 Å². The first kappa shape index (κ1) is 25.8. The summed E-state index contributed by atoms with van der Waals surface area (Å²) in [6.07, 6.45) is 0. The van der Waals surface area contributed by atoms with E-state index in [4.69, 9.17) is 0 Å². The molecule has 6 nitrogen and oxygen atoms in total. The standard InChI is InChI=1S/C20H33F2N5O.HI/c1-4-26-9-11-27(12-10-26)15-16(2)13-24-20(23-3)25-14-17-7-5-6-8-18(17)28-19(21)22;/h5-8,16,19H,4,9-15H2,1-3H3,(H2,23,24,25);1H. The van der Waals surface area contributed by atoms with Gasteiger partial charge in [-0.15, -0.1) is 24.0 Å². The number of nitrogens with zero attached hydrogens (tertiary/aromatic N) is 3. The van der Waals surface area contributed by atoms with Gasteiger partial charge in [0.2, 0.25) is 0 Å². The van der Waals surface area contributed by atoms with Crippen LogP contribution in [0.25, 0.3) is 0 Å². The van der Waals surface area contributed by atoms with Crippen LogP contribution in [0.3, 0.4) is 0 Å². The van der Waals surface area contributed by atoms with Crippen molar-refractivity contribution in [3.05, 3.63) is 29.8 Å². The summed E-state index contributed by atoms with van der Waals surface area (Å²) < 4.78 is 29.6. The maximum Gasteiger partial charge on any atom is 0.387 e. The van der Waals surface area contributed by atoms with Gasteiger partial charge in [0.15, 0.2) is 5.96 Å². The maximum absolute atomic E-state index is 12.5. The van der Waals surface area contributed by atoms with E-state index in [1.54, 1.807) is 31.3 Å². The largest absolute Gasteiger partial charge is 0.434 e. The van der Waals surface area contributed by atoms with Gasteiger partial charge in [0.1, 0.15) is 5.75 Å². The molecule has 1 aliphatic rings. The van der Waals surface area contributed by atoms with Gasteiger partial charge in [0, 0.05) is 58.4 Å². The van der Waals surface area contributed by atoms with Gasteiger partial charge in [-0.3, -0.25) is 4.99 Å². The Hall–Kier alpha value is -1.20. The summed E-state index contributed by atoms with van der Waals surface area (Å²) >= 11 is 0. The highest BCUT2D eigenvalue weighted by atomic mass is 127. The van der Waals surface area contributed by atoms with E-state index < -0.39 is 6.61 Å². The van der Waals surface area contributed by atoms with E-state index in [1.165, 1.54) is 0 Å². The van der Waals surface area contributed by atoms with Gasteiger partial charge in [-0.1, -0.05) is 32.0 Å². The van der Waals surface area contributed by atoms with Crippen LogP contribution in [-0.2, 0) is 6.54 Å². The summed E-state index contributed by atoms with van der Waals surface area (Å²) in [5, 5.41) is 6.49. The molecule has 0 radical (unpaired) electrons. The van der Waals surface area contributed by atoms with Crippen molar-refractivity contribution in [3.8, 4) is 5.75 Å². The minimum absolute atomic E-state index is 0. The zero-order valence-corrected chi connectivity index (χ0v) is 19.9. The Bertz CT molecular complexity index is 612. The molecule has 1 fully saturated rings. The molecule has 9 heteroatoms. The number of alkyl halides is 2. The van der Waals surface area contributed by atoms with Crippen LogP contribution >= 0.6 is 24.0 Å². The molecule has 0 aliphatic carbocycles. The monoisotopic (exact) mass is 525 g/mol. The van der Waals surface area contributed by atoms with Gasteiger partial charge in [0.05, 0.1) is 0 Å². The fourth-order valence-corrected chi connectivity index (χ4v) is 3.32. The molecule has 1 saturated heterocycles. The van der Waals surface area contributed by atoms with Crippen LogP contribution in [0.1, 0.15) is 19.4 Å². The van der Waals surface area contributed by atoms with Crippen molar-refractivity contribution in [2.45, 2.75) is 27.0 Å². The maximum atomic E-state index is 12.5. The Morgan fingerprint density at radius 2 is 1.79 bits per heavy atom. The van der Waals surface area contributed by atoms with E-state index in [1.807, 2.05) is 0 Å². The third kappa shape index (κ3) is 9.43. The SMILES string of the molecule is CCN1CCN(CC(C)CNC(=NC)NCc2ccccc2OC(F)F)CC1.I. The number of halogens is 3. The third-order valence-corrected chi connectivity index (χ3v) is 4.96. The molecule has 1 unspecified atom stereocenters. The number of nitrogens with one attached hydrogen (secondary N) is 2. The lowest BCUT2D eigenvalue weighted by molar-refractivity contribution is -0.0504. The van der Waals surface area contributed by atoms with Crippen LogP contribution in [-0.4, -0.2) is 75.2 Å². The minimum atomic E-state index is -2.83. The first-order valence-corrected chi connectivity index (χ1v) is 9.93. The minimum Gasteiger partial charge on any atom is -0.434 e. The zero-order valence-electron chi connectivity index (χ0n) is 17.5. The summed E-state index contributed by atoms with van der Waals surface area (Å²) in [5.74, 6) is 1.30. The van der Waals surface area contributed by atoms with E-state index in [0.29, 0.717) is 24.0 Å². The smallest absolute Gasteiger partial charge is 0.387 e. The molecule has 0 amide bonds. The van der Waals surface area contributed by atoms with Crippen molar-refractivity contribution in [2.75, 3.05) is 52.9 Å². The Balaban J connectivity index is 0.00000420. The van der Waals surface area contributed by atoms with Gasteiger partial charge in [-0.2, -0.15) is 8.78 Å². The van der Waals surface area contributed by atoms with Crippen LogP contribution in [0.4, 0.5) is 8.78 Å². The molecular weight excluding hydrogens is 491 g/mol. The molecule has 2 rings (SSSR count). The number of piperazine rings is 1. The molecule has 1 aromatic carbocycles. The number of benzene rings is 1. The summed E-state index contributed by atoms with van der Waals surface area (Å²) in [5.41, 5.74) is 0.660. The lowest BCUT2D eigenvalue weighted by Crippen LogP contribution is -2.48. The molecule has 29 heavy (non-hydrogen) atoms. The van der Waals surface area contributed by atoms with Crippen molar-refractivity contribution < 1.29 is 13.5 Å². The van der Waals surface area contributed by atoms with Gasteiger partial charge in [0.25, 0.3) is 0 Å². The van der Waals surface area contributed by atoms with Crippen LogP contribution in [0.2, 0.25) is 0 Å². The number of hydrogen-bond donors (Lipinski definition) is 2. The van der Waals surface area contributed by atoms with Crippen molar-refractivity contribution in [3.63, 3.8) is 0 Å². The van der Waals surface area contributed by atoms with Gasteiger partial charge < -0.3 is 25.2 Å². The van der Waals surface area contributed by atoms with Gasteiger partial charge in [-0.05, 0) is 18.5 Å². The van der Waals surface area contributed by atoms with Crippen LogP contribution in [0.15, 0.2) is 29.3 Å². The van der Waals surface area contributed by atoms with Crippen LogP contribution < -0.4 is 15.4 Å². The number of hydrogen-bond acceptors (Lipinski definition) is 4. The number of likely N-dealkylation sites (N-methyl/N-ethyl adjacent to an activating group) is 1. The Morgan fingerprint density at radius 1 is 1.14 bits per heavy atom. The van der Waals surface area contributed by atoms with Crippen molar-refractivity contribution in [1.29, 1.82) is 0 Å². The van der Waals surface area contributed by atoms with Gasteiger partial charge >= 0.3 is 6.61 Å². The Kier molecular flexibility index (Phi) is 12.4. The Labute approximate surface area is 190 Å². The Morgan fingerprint density at radius 3 is 2.41 bits per heavy atom. The highest BCUT2D eigenvalue weighted by Crippen LogP contribution is 2.19. The molecule has 0 aromatic heterocycles. The van der Waals surface area contributed by atoms with E-state index in [-0.39, 0.29) is 29.7 Å². The van der Waals surface area contributed by atoms with Crippen molar-refractivity contribution in [2.24, 2.45) is 10.9 Å². The molecular formula is C20H34F2IN5O. The number of ether oxygens (including phenoxy) is 1. The molecule has 1 aromatic rings. The van der Waals surface area contributed by atoms with E-state index in [2.05, 4.69) is 44.0 Å². The molecule has 0 spiro atoms. The number of guanidine groups is 1. The second-order valence-electron chi connectivity index (χ2n) is 7.13. The highest BCUT2D eigenvalue weighted by molar-refractivity contribution is 14.0. The molecule has 0 saturated carbocycles. The van der Waals surface area contributed by atoms with Crippen molar-refractivity contribution in [1.82, 2.24) is 20.4 Å². The summed E-state index contributed by atoms with van der Waals surface area (Å²) in [7, 11) is 1.70. The normalized spacial score (nSPS) is 17.0. The summed E-state index contributed by atoms with van der Waals surface area (Å²) in [4.78, 5) is 9.20. The number of para-hydroxylation sites is 1. The quantitative estimate of drug-likeness (QED) is 0.295. The van der Waals surface area contributed by atoms with Crippen LogP contribution in [0, 0.1) is 5.92 Å². The average molecular weight is 525 g/mol. The summed E-state index contributed by atoms with van der Waals surface area (Å²) in [6.45, 7) is 9.43. The lowest BCUT2D eigenvalue weighted by atomic mass is 10.1. The highest BCUT2D eigenvalue weighted by Gasteiger charge is 2.17. The average Bonchev–Trinajstić information content (AvgIpc) is 2.69. The first-order chi connectivity index (χ1) is 13.5. The third-order valence-electron chi connectivity index (χ3n) is 4.96. The lowest BCUT2D eigenvalue weighted by Gasteiger charge is -2.35. The first-order valence-electron chi connectivity index (χ1n) is 9.93. The fourth-order valence-electron chi connectivity index (χ4n) is 3.32. The van der Waals surface area contributed by atoms with E-state index in [0.717, 1.165) is 45.8 Å². The number of rotatable bonds is 9. The molecule has 2 N–H and O–H groups in total.